The van der Waals surface area contributed by atoms with E-state index in [4.69, 9.17) is 10.9 Å². The minimum atomic E-state index is -0.558. The van der Waals surface area contributed by atoms with Gasteiger partial charge in [0.05, 0.1) is 0 Å². The summed E-state index contributed by atoms with van der Waals surface area (Å²) in [5.41, 5.74) is 8.48. The Kier molecular flexibility index (Phi) is 3.05. The van der Waals surface area contributed by atoms with Crippen LogP contribution in [0.15, 0.2) is 30.3 Å². The minimum Gasteiger partial charge on any atom is -0.399 e. The number of amides is 1. The van der Waals surface area contributed by atoms with Gasteiger partial charge < -0.3 is 5.73 Å². The molecular weight excluding hydrogens is 168 g/mol. The Morgan fingerprint density at radius 2 is 2.00 bits per heavy atom. The molecule has 0 saturated carbocycles. The molecule has 0 fully saturated rings. The fourth-order valence-corrected chi connectivity index (χ4v) is 0.816. The summed E-state index contributed by atoms with van der Waals surface area (Å²) in [5.74, 6) is -0.558. The molecule has 1 aromatic rings. The SMILES string of the molecule is Nc1ccc(/C=C/C(=O)NO)cc1. The third-order valence-corrected chi connectivity index (χ3v) is 1.47. The molecule has 68 valence electrons. The number of nitrogen functional groups attached to an aromatic ring is 1. The van der Waals surface area contributed by atoms with E-state index >= 15 is 0 Å². The van der Waals surface area contributed by atoms with Gasteiger partial charge in [-0.25, -0.2) is 5.48 Å². The molecule has 1 amide bonds. The van der Waals surface area contributed by atoms with Crippen molar-refractivity contribution in [1.29, 1.82) is 0 Å². The van der Waals surface area contributed by atoms with E-state index in [0.29, 0.717) is 5.69 Å². The standard InChI is InChI=1S/C9H10N2O2/c10-8-4-1-7(2-5-8)3-6-9(12)11-13/h1-6,13H,10H2,(H,11,12)/b6-3+. The minimum absolute atomic E-state index is 0.558. The topological polar surface area (TPSA) is 75.4 Å². The highest BCUT2D eigenvalue weighted by Gasteiger charge is 1.90. The van der Waals surface area contributed by atoms with Crippen molar-refractivity contribution in [3.8, 4) is 0 Å². The number of anilines is 1. The van der Waals surface area contributed by atoms with Crippen LogP contribution in [0.3, 0.4) is 0 Å². The average Bonchev–Trinajstić information content (AvgIpc) is 2.16. The van der Waals surface area contributed by atoms with Crippen LogP contribution in [0.4, 0.5) is 5.69 Å². The van der Waals surface area contributed by atoms with Crippen LogP contribution >= 0.6 is 0 Å². The van der Waals surface area contributed by atoms with Crippen molar-refractivity contribution in [2.75, 3.05) is 5.73 Å². The zero-order valence-electron chi connectivity index (χ0n) is 6.90. The first kappa shape index (κ1) is 9.28. The van der Waals surface area contributed by atoms with E-state index in [1.165, 1.54) is 11.6 Å². The second-order valence-corrected chi connectivity index (χ2v) is 2.48. The second kappa shape index (κ2) is 4.27. The molecule has 0 atom stereocenters. The van der Waals surface area contributed by atoms with E-state index in [1.807, 2.05) is 0 Å². The van der Waals surface area contributed by atoms with Crippen molar-refractivity contribution in [1.82, 2.24) is 5.48 Å². The molecule has 0 spiro atoms. The lowest BCUT2D eigenvalue weighted by Crippen LogP contribution is -2.14. The Morgan fingerprint density at radius 3 is 2.54 bits per heavy atom. The van der Waals surface area contributed by atoms with Crippen LogP contribution < -0.4 is 11.2 Å². The summed E-state index contributed by atoms with van der Waals surface area (Å²) in [6.07, 6.45) is 2.80. The van der Waals surface area contributed by atoms with Crippen molar-refractivity contribution in [2.45, 2.75) is 0 Å². The van der Waals surface area contributed by atoms with Crippen LogP contribution in [0.2, 0.25) is 0 Å². The Labute approximate surface area is 75.6 Å². The molecule has 0 radical (unpaired) electrons. The highest BCUT2D eigenvalue weighted by Crippen LogP contribution is 2.06. The van der Waals surface area contributed by atoms with Gasteiger partial charge in [-0.1, -0.05) is 12.1 Å². The van der Waals surface area contributed by atoms with Gasteiger partial charge in [-0.3, -0.25) is 10.0 Å². The van der Waals surface area contributed by atoms with Gasteiger partial charge >= 0.3 is 0 Å². The zero-order valence-corrected chi connectivity index (χ0v) is 6.90. The van der Waals surface area contributed by atoms with Crippen LogP contribution in [-0.2, 0) is 4.79 Å². The molecule has 0 aromatic heterocycles. The maximum Gasteiger partial charge on any atom is 0.267 e. The van der Waals surface area contributed by atoms with Crippen molar-refractivity contribution < 1.29 is 10.0 Å². The largest absolute Gasteiger partial charge is 0.399 e. The van der Waals surface area contributed by atoms with Gasteiger partial charge in [0.1, 0.15) is 0 Å². The molecule has 0 heterocycles. The maximum absolute atomic E-state index is 10.6. The van der Waals surface area contributed by atoms with Gasteiger partial charge in [0, 0.05) is 11.8 Å². The predicted molar refractivity (Wildman–Crippen MR) is 49.8 cm³/mol. The highest BCUT2D eigenvalue weighted by atomic mass is 16.5. The predicted octanol–water partition coefficient (Wildman–Crippen LogP) is 0.787. The zero-order chi connectivity index (χ0) is 9.68. The monoisotopic (exact) mass is 178 g/mol. The summed E-state index contributed by atoms with van der Waals surface area (Å²) in [7, 11) is 0. The molecule has 0 bridgehead atoms. The first-order chi connectivity index (χ1) is 6.22. The quantitative estimate of drug-likeness (QED) is 0.271. The van der Waals surface area contributed by atoms with Gasteiger partial charge in [0.2, 0.25) is 0 Å². The summed E-state index contributed by atoms with van der Waals surface area (Å²) >= 11 is 0. The maximum atomic E-state index is 10.6. The van der Waals surface area contributed by atoms with E-state index in [1.54, 1.807) is 30.3 Å². The summed E-state index contributed by atoms with van der Waals surface area (Å²) < 4.78 is 0. The third kappa shape index (κ3) is 2.96. The van der Waals surface area contributed by atoms with Crippen molar-refractivity contribution in [2.24, 2.45) is 0 Å². The van der Waals surface area contributed by atoms with Gasteiger partial charge in [-0.2, -0.15) is 0 Å². The van der Waals surface area contributed by atoms with Crippen LogP contribution in [0, 0.1) is 0 Å². The molecule has 0 aliphatic carbocycles. The summed E-state index contributed by atoms with van der Waals surface area (Å²) in [6.45, 7) is 0. The number of carbonyl (C=O) groups is 1. The van der Waals surface area contributed by atoms with Crippen LogP contribution in [0.5, 0.6) is 0 Å². The van der Waals surface area contributed by atoms with Gasteiger partial charge in [-0.05, 0) is 23.8 Å². The Bertz CT molecular complexity index is 317. The van der Waals surface area contributed by atoms with Crippen LogP contribution in [-0.4, -0.2) is 11.1 Å². The lowest BCUT2D eigenvalue weighted by Gasteiger charge is -1.94. The molecule has 0 aliphatic rings. The molecule has 4 heteroatoms. The van der Waals surface area contributed by atoms with E-state index in [-0.39, 0.29) is 0 Å². The molecular formula is C9H10N2O2. The number of carbonyl (C=O) groups excluding carboxylic acids is 1. The molecule has 13 heavy (non-hydrogen) atoms. The van der Waals surface area contributed by atoms with E-state index in [9.17, 15) is 4.79 Å². The lowest BCUT2D eigenvalue weighted by atomic mass is 10.2. The number of rotatable bonds is 2. The Hall–Kier alpha value is -1.81. The normalized spacial score (nSPS) is 10.2. The van der Waals surface area contributed by atoms with Crippen molar-refractivity contribution >= 4 is 17.7 Å². The first-order valence-corrected chi connectivity index (χ1v) is 3.70. The number of nitrogens with one attached hydrogen (secondary N) is 1. The molecule has 1 rings (SSSR count). The molecule has 4 nitrogen and oxygen atoms in total. The second-order valence-electron chi connectivity index (χ2n) is 2.48. The lowest BCUT2D eigenvalue weighted by molar-refractivity contribution is -0.124. The van der Waals surface area contributed by atoms with E-state index in [2.05, 4.69) is 0 Å². The van der Waals surface area contributed by atoms with Crippen molar-refractivity contribution in [3.63, 3.8) is 0 Å². The summed E-state index contributed by atoms with van der Waals surface area (Å²) in [4.78, 5) is 10.6. The van der Waals surface area contributed by atoms with Gasteiger partial charge in [0.15, 0.2) is 0 Å². The summed E-state index contributed by atoms with van der Waals surface area (Å²) in [5, 5.41) is 8.19. The first-order valence-electron chi connectivity index (χ1n) is 3.70. The number of hydroxylamine groups is 1. The number of benzene rings is 1. The molecule has 0 unspecified atom stereocenters. The fourth-order valence-electron chi connectivity index (χ4n) is 0.816. The van der Waals surface area contributed by atoms with Crippen LogP contribution in [0.25, 0.3) is 6.08 Å². The van der Waals surface area contributed by atoms with E-state index < -0.39 is 5.91 Å². The van der Waals surface area contributed by atoms with Crippen LogP contribution in [0.1, 0.15) is 5.56 Å². The summed E-state index contributed by atoms with van der Waals surface area (Å²) in [6, 6.07) is 7.01. The molecule has 4 N–H and O–H groups in total. The third-order valence-electron chi connectivity index (χ3n) is 1.47. The van der Waals surface area contributed by atoms with Gasteiger partial charge in [-0.15, -0.1) is 0 Å². The number of nitrogens with two attached hydrogens (primary N) is 1. The fraction of sp³-hybridized carbons (Fsp3) is 0. The molecule has 1 aromatic carbocycles. The smallest absolute Gasteiger partial charge is 0.267 e. The van der Waals surface area contributed by atoms with E-state index in [0.717, 1.165) is 5.56 Å². The Balaban J connectivity index is 2.69. The number of hydrogen-bond acceptors (Lipinski definition) is 3. The Morgan fingerprint density at radius 1 is 1.38 bits per heavy atom. The molecule has 0 saturated heterocycles. The van der Waals surface area contributed by atoms with Crippen molar-refractivity contribution in [3.05, 3.63) is 35.9 Å². The highest BCUT2D eigenvalue weighted by molar-refractivity contribution is 5.90. The molecule has 0 aliphatic heterocycles. The average molecular weight is 178 g/mol. The number of hydrogen-bond donors (Lipinski definition) is 3. The van der Waals surface area contributed by atoms with Gasteiger partial charge in [0.25, 0.3) is 5.91 Å².